The van der Waals surface area contributed by atoms with Gasteiger partial charge in [0.25, 0.3) is 0 Å². The zero-order valence-corrected chi connectivity index (χ0v) is 11.0. The first-order valence-corrected chi connectivity index (χ1v) is 6.58. The summed E-state index contributed by atoms with van der Waals surface area (Å²) in [6, 6.07) is 2.66. The summed E-state index contributed by atoms with van der Waals surface area (Å²) in [5, 5.41) is 8.66. The van der Waals surface area contributed by atoms with Gasteiger partial charge < -0.3 is 5.11 Å². The van der Waals surface area contributed by atoms with Crippen LogP contribution in [0.25, 0.3) is 0 Å². The average Bonchev–Trinajstić information content (AvgIpc) is 2.12. The first-order chi connectivity index (χ1) is 8.03. The third kappa shape index (κ3) is 3.51. The zero-order valence-electron chi connectivity index (χ0n) is 10.2. The van der Waals surface area contributed by atoms with E-state index in [1.165, 1.54) is 0 Å². The van der Waals surface area contributed by atoms with Gasteiger partial charge in [0.1, 0.15) is 10.7 Å². The molecule has 0 heterocycles. The molecule has 0 atom stereocenters. The van der Waals surface area contributed by atoms with Gasteiger partial charge in [-0.25, -0.2) is 22.3 Å². The summed E-state index contributed by atoms with van der Waals surface area (Å²) < 4.78 is 39.6. The maximum Gasteiger partial charge on any atom is 0.335 e. The number of carboxylic acids is 1. The number of rotatable bonds is 3. The average molecular weight is 275 g/mol. The highest BCUT2D eigenvalue weighted by atomic mass is 32.2. The first-order valence-electron chi connectivity index (χ1n) is 5.10. The predicted octanol–water partition coefficient (Wildman–Crippen LogP) is 1.60. The Morgan fingerprint density at radius 2 is 1.89 bits per heavy atom. The van der Waals surface area contributed by atoms with Crippen LogP contribution in [-0.2, 0) is 10.0 Å². The van der Waals surface area contributed by atoms with Crippen molar-refractivity contribution in [3.05, 3.63) is 29.6 Å². The van der Waals surface area contributed by atoms with Gasteiger partial charge in [-0.1, -0.05) is 0 Å². The normalized spacial score (nSPS) is 12.4. The molecule has 0 unspecified atom stereocenters. The number of aromatic carboxylic acids is 1. The van der Waals surface area contributed by atoms with Gasteiger partial charge in [-0.2, -0.15) is 0 Å². The molecule has 0 radical (unpaired) electrons. The van der Waals surface area contributed by atoms with Gasteiger partial charge in [-0.3, -0.25) is 0 Å². The minimum atomic E-state index is -4.01. The fourth-order valence-electron chi connectivity index (χ4n) is 1.31. The highest BCUT2D eigenvalue weighted by Gasteiger charge is 2.25. The highest BCUT2D eigenvalue weighted by Crippen LogP contribution is 2.18. The zero-order chi connectivity index (χ0) is 14.1. The standard InChI is InChI=1S/C11H14FNO4S/c1-11(2,3)13-18(16,17)9-5-4-7(10(14)15)6-8(9)12/h4-6,13H,1-3H3,(H,14,15). The molecule has 1 aromatic rings. The van der Waals surface area contributed by atoms with Crippen LogP contribution in [0.2, 0.25) is 0 Å². The Labute approximate surface area is 105 Å². The number of sulfonamides is 1. The van der Waals surface area contributed by atoms with Gasteiger partial charge >= 0.3 is 5.97 Å². The molecule has 7 heteroatoms. The van der Waals surface area contributed by atoms with E-state index >= 15 is 0 Å². The van der Waals surface area contributed by atoms with Crippen LogP contribution in [-0.4, -0.2) is 25.0 Å². The highest BCUT2D eigenvalue weighted by molar-refractivity contribution is 7.89. The van der Waals surface area contributed by atoms with Crippen molar-refractivity contribution in [2.75, 3.05) is 0 Å². The van der Waals surface area contributed by atoms with Crippen LogP contribution in [0.4, 0.5) is 4.39 Å². The Kier molecular flexibility index (Phi) is 3.78. The Bertz CT molecular complexity index is 575. The summed E-state index contributed by atoms with van der Waals surface area (Å²) in [6.07, 6.45) is 0. The van der Waals surface area contributed by atoms with Crippen LogP contribution in [0.5, 0.6) is 0 Å². The van der Waals surface area contributed by atoms with Crippen LogP contribution in [0, 0.1) is 5.82 Å². The molecule has 0 fully saturated rings. The minimum Gasteiger partial charge on any atom is -0.478 e. The Morgan fingerprint density at radius 1 is 1.33 bits per heavy atom. The molecule has 0 aliphatic heterocycles. The topological polar surface area (TPSA) is 83.5 Å². The lowest BCUT2D eigenvalue weighted by molar-refractivity contribution is 0.0696. The van der Waals surface area contributed by atoms with Crippen molar-refractivity contribution >= 4 is 16.0 Å². The molecule has 5 nitrogen and oxygen atoms in total. The van der Waals surface area contributed by atoms with Crippen molar-refractivity contribution in [3.63, 3.8) is 0 Å². The molecular weight excluding hydrogens is 261 g/mol. The predicted molar refractivity (Wildman–Crippen MR) is 63.4 cm³/mol. The van der Waals surface area contributed by atoms with Gasteiger partial charge in [0.15, 0.2) is 0 Å². The maximum absolute atomic E-state index is 13.6. The van der Waals surface area contributed by atoms with Crippen molar-refractivity contribution in [2.24, 2.45) is 0 Å². The van der Waals surface area contributed by atoms with Gasteiger partial charge in [0.05, 0.1) is 5.56 Å². The van der Waals surface area contributed by atoms with E-state index in [1.54, 1.807) is 20.8 Å². The lowest BCUT2D eigenvalue weighted by Crippen LogP contribution is -2.40. The maximum atomic E-state index is 13.6. The molecule has 2 N–H and O–H groups in total. The third-order valence-corrected chi connectivity index (χ3v) is 3.70. The van der Waals surface area contributed by atoms with Gasteiger partial charge in [0, 0.05) is 5.54 Å². The number of benzene rings is 1. The van der Waals surface area contributed by atoms with E-state index in [0.29, 0.717) is 6.07 Å². The van der Waals surface area contributed by atoms with Crippen LogP contribution >= 0.6 is 0 Å². The van der Waals surface area contributed by atoms with Crippen LogP contribution < -0.4 is 4.72 Å². The Hall–Kier alpha value is -1.47. The van der Waals surface area contributed by atoms with E-state index in [-0.39, 0.29) is 5.56 Å². The monoisotopic (exact) mass is 275 g/mol. The molecule has 0 aliphatic rings. The molecule has 0 saturated heterocycles. The second-order valence-corrected chi connectivity index (χ2v) is 6.46. The summed E-state index contributed by atoms with van der Waals surface area (Å²) in [5.41, 5.74) is -1.06. The smallest absolute Gasteiger partial charge is 0.335 e. The first kappa shape index (κ1) is 14.6. The van der Waals surface area contributed by atoms with Crippen LogP contribution in [0.15, 0.2) is 23.1 Å². The number of hydrogen-bond donors (Lipinski definition) is 2. The number of halogens is 1. The van der Waals surface area contributed by atoms with Gasteiger partial charge in [0.2, 0.25) is 10.0 Å². The van der Waals surface area contributed by atoms with E-state index in [1.807, 2.05) is 0 Å². The quantitative estimate of drug-likeness (QED) is 0.877. The SMILES string of the molecule is CC(C)(C)NS(=O)(=O)c1ccc(C(=O)O)cc1F. The number of hydrogen-bond acceptors (Lipinski definition) is 3. The second kappa shape index (κ2) is 4.66. The van der Waals surface area contributed by atoms with E-state index in [0.717, 1.165) is 12.1 Å². The molecule has 1 aromatic carbocycles. The largest absolute Gasteiger partial charge is 0.478 e. The lowest BCUT2D eigenvalue weighted by atomic mass is 10.1. The summed E-state index contributed by atoms with van der Waals surface area (Å²) in [7, 11) is -4.01. The van der Waals surface area contributed by atoms with Crippen molar-refractivity contribution in [1.29, 1.82) is 0 Å². The Balaban J connectivity index is 3.23. The van der Waals surface area contributed by atoms with Crippen molar-refractivity contribution in [1.82, 2.24) is 4.72 Å². The van der Waals surface area contributed by atoms with E-state index in [4.69, 9.17) is 5.11 Å². The molecular formula is C11H14FNO4S. The third-order valence-electron chi connectivity index (χ3n) is 1.91. The molecule has 100 valence electrons. The van der Waals surface area contributed by atoms with Crippen LogP contribution in [0.1, 0.15) is 31.1 Å². The summed E-state index contributed by atoms with van der Waals surface area (Å²) in [5.74, 6) is -2.41. The summed E-state index contributed by atoms with van der Waals surface area (Å²) in [4.78, 5) is 10.0. The molecule has 18 heavy (non-hydrogen) atoms. The number of nitrogens with one attached hydrogen (secondary N) is 1. The van der Waals surface area contributed by atoms with E-state index < -0.39 is 32.2 Å². The summed E-state index contributed by atoms with van der Waals surface area (Å²) >= 11 is 0. The molecule has 0 aliphatic carbocycles. The fraction of sp³-hybridized carbons (Fsp3) is 0.364. The minimum absolute atomic E-state index is 0.304. The number of carboxylic acid groups (broad SMARTS) is 1. The molecule has 0 bridgehead atoms. The molecule has 0 saturated carbocycles. The molecule has 0 spiro atoms. The molecule has 0 aromatic heterocycles. The Morgan fingerprint density at radius 3 is 2.28 bits per heavy atom. The lowest BCUT2D eigenvalue weighted by Gasteiger charge is -2.20. The fourth-order valence-corrected chi connectivity index (χ4v) is 2.79. The van der Waals surface area contributed by atoms with Crippen molar-refractivity contribution in [2.45, 2.75) is 31.2 Å². The van der Waals surface area contributed by atoms with Crippen molar-refractivity contribution < 1.29 is 22.7 Å². The molecule has 0 amide bonds. The van der Waals surface area contributed by atoms with E-state index in [9.17, 15) is 17.6 Å². The van der Waals surface area contributed by atoms with Gasteiger partial charge in [-0.15, -0.1) is 0 Å². The second-order valence-electron chi connectivity index (χ2n) is 4.81. The summed E-state index contributed by atoms with van der Waals surface area (Å²) in [6.45, 7) is 4.86. The number of carbonyl (C=O) groups is 1. The van der Waals surface area contributed by atoms with Crippen LogP contribution in [0.3, 0.4) is 0 Å². The van der Waals surface area contributed by atoms with Crippen molar-refractivity contribution in [3.8, 4) is 0 Å². The van der Waals surface area contributed by atoms with E-state index in [2.05, 4.69) is 4.72 Å². The molecule has 1 rings (SSSR count). The van der Waals surface area contributed by atoms with Gasteiger partial charge in [-0.05, 0) is 39.0 Å².